The van der Waals surface area contributed by atoms with Gasteiger partial charge in [0.25, 0.3) is 0 Å². The van der Waals surface area contributed by atoms with E-state index >= 15 is 0 Å². The van der Waals surface area contributed by atoms with Gasteiger partial charge in [0.2, 0.25) is 0 Å². The van der Waals surface area contributed by atoms with Gasteiger partial charge in [0.15, 0.2) is 0 Å². The summed E-state index contributed by atoms with van der Waals surface area (Å²) in [7, 11) is 0. The fraction of sp³-hybridized carbons (Fsp3) is 0.333. The van der Waals surface area contributed by atoms with Crippen molar-refractivity contribution in [2.45, 2.75) is 21.3 Å². The van der Waals surface area contributed by atoms with Crippen molar-refractivity contribution >= 4 is 34.9 Å². The molecule has 4 nitrogen and oxygen atoms in total. The molecule has 0 spiro atoms. The fourth-order valence-electron chi connectivity index (χ4n) is 3.06. The number of halogens is 3. The third-order valence-electron chi connectivity index (χ3n) is 4.40. The molecule has 8 heteroatoms. The number of carbonyl (C=O) groups excluding carboxylic acids is 1. The first-order chi connectivity index (χ1) is 13.4. The Balaban J connectivity index is 0.000000990. The highest BCUT2D eigenvalue weighted by Crippen LogP contribution is 2.25. The molecular formula is C21H25F3N2O2S. The summed E-state index contributed by atoms with van der Waals surface area (Å²) >= 11 is 4.27. The maximum Gasteiger partial charge on any atom is 0.379 e. The number of thiocarbonyl (C=S) groups is 1. The molecule has 1 aliphatic rings. The van der Waals surface area contributed by atoms with Crippen LogP contribution in [0, 0.1) is 18.6 Å². The number of aryl methyl sites for hydroxylation is 1. The van der Waals surface area contributed by atoms with Crippen LogP contribution in [0.4, 0.5) is 24.7 Å². The van der Waals surface area contributed by atoms with E-state index in [4.69, 9.17) is 0 Å². The summed E-state index contributed by atoms with van der Waals surface area (Å²) in [5, 5.41) is 1.58. The lowest BCUT2D eigenvalue weighted by molar-refractivity contribution is -0.0788. The summed E-state index contributed by atoms with van der Waals surface area (Å²) in [6.07, 6.45) is 0. The van der Waals surface area contributed by atoms with Crippen molar-refractivity contribution in [2.24, 2.45) is 0 Å². The Labute approximate surface area is 174 Å². The predicted molar refractivity (Wildman–Crippen MR) is 115 cm³/mol. The van der Waals surface area contributed by atoms with Crippen molar-refractivity contribution in [3.63, 3.8) is 0 Å². The van der Waals surface area contributed by atoms with Crippen LogP contribution in [-0.2, 0) is 4.94 Å². The Morgan fingerprint density at radius 2 is 1.66 bits per heavy atom. The van der Waals surface area contributed by atoms with Crippen molar-refractivity contribution in [3.8, 4) is 0 Å². The Morgan fingerprint density at radius 1 is 1.07 bits per heavy atom. The second-order valence-corrected chi connectivity index (χ2v) is 6.64. The van der Waals surface area contributed by atoms with Gasteiger partial charge in [0.1, 0.15) is 11.6 Å². The molecule has 0 bridgehead atoms. The quantitative estimate of drug-likeness (QED) is 0.624. The Bertz CT molecular complexity index is 841. The maximum atomic E-state index is 13.9. The first-order valence-corrected chi connectivity index (χ1v) is 9.16. The Morgan fingerprint density at radius 3 is 2.17 bits per heavy atom. The standard InChI is InChI=1S/C18H17F3N2O2.C2H4S.CH4/c1-12-10-14(3-4-15(12)18(24)25-21)22-6-8-23(9-7-22)17-5-2-13(19)11-16(17)20;1-2-3;/h2-5,10-11H,6-9H2,1H3;2H,1H3;1H4. The van der Waals surface area contributed by atoms with E-state index in [1.54, 1.807) is 24.4 Å². The molecule has 0 atom stereocenters. The van der Waals surface area contributed by atoms with E-state index in [0.717, 1.165) is 11.8 Å². The lowest BCUT2D eigenvalue weighted by Crippen LogP contribution is -2.46. The van der Waals surface area contributed by atoms with Crippen LogP contribution in [-0.4, -0.2) is 37.5 Å². The number of nitrogens with zero attached hydrogens (tertiary/aromatic N) is 2. The van der Waals surface area contributed by atoms with Crippen molar-refractivity contribution in [1.82, 2.24) is 0 Å². The Hall–Kier alpha value is -2.61. The number of rotatable bonds is 3. The van der Waals surface area contributed by atoms with Gasteiger partial charge in [-0.1, -0.05) is 19.6 Å². The molecule has 2 aromatic rings. The number of hydrogen-bond donors (Lipinski definition) is 0. The highest BCUT2D eigenvalue weighted by molar-refractivity contribution is 7.78. The van der Waals surface area contributed by atoms with Gasteiger partial charge < -0.3 is 9.80 Å². The summed E-state index contributed by atoms with van der Waals surface area (Å²) < 4.78 is 39.0. The van der Waals surface area contributed by atoms with E-state index in [1.807, 2.05) is 11.8 Å². The average Bonchev–Trinajstić information content (AvgIpc) is 2.68. The monoisotopic (exact) mass is 426 g/mol. The van der Waals surface area contributed by atoms with E-state index in [9.17, 15) is 18.1 Å². The molecule has 0 aromatic heterocycles. The third-order valence-corrected chi connectivity index (χ3v) is 4.40. The molecule has 0 radical (unpaired) electrons. The van der Waals surface area contributed by atoms with E-state index in [-0.39, 0.29) is 13.0 Å². The number of benzene rings is 2. The molecule has 0 unspecified atom stereocenters. The highest BCUT2D eigenvalue weighted by atomic mass is 32.1. The van der Waals surface area contributed by atoms with Crippen LogP contribution in [0.1, 0.15) is 30.3 Å². The molecule has 1 fully saturated rings. The molecule has 0 amide bonds. The van der Waals surface area contributed by atoms with E-state index < -0.39 is 17.6 Å². The molecule has 1 aliphatic heterocycles. The first-order valence-electron chi connectivity index (χ1n) is 8.69. The van der Waals surface area contributed by atoms with Crippen molar-refractivity contribution in [3.05, 3.63) is 59.2 Å². The van der Waals surface area contributed by atoms with Crippen molar-refractivity contribution < 1.29 is 23.0 Å². The van der Waals surface area contributed by atoms with Gasteiger partial charge in [-0.15, -0.1) is 0 Å². The largest absolute Gasteiger partial charge is 0.379 e. The summed E-state index contributed by atoms with van der Waals surface area (Å²) in [4.78, 5) is 18.5. The van der Waals surface area contributed by atoms with E-state index in [0.29, 0.717) is 37.4 Å². The van der Waals surface area contributed by atoms with Gasteiger partial charge in [-0.05, 0) is 55.1 Å². The third kappa shape index (κ3) is 6.19. The lowest BCUT2D eigenvalue weighted by atomic mass is 10.1. The summed E-state index contributed by atoms with van der Waals surface area (Å²) in [6.45, 7) is 5.97. The van der Waals surface area contributed by atoms with Crippen LogP contribution in [0.25, 0.3) is 0 Å². The van der Waals surface area contributed by atoms with Crippen LogP contribution < -0.4 is 9.80 Å². The molecule has 29 heavy (non-hydrogen) atoms. The van der Waals surface area contributed by atoms with Crippen LogP contribution in [0.2, 0.25) is 0 Å². The van der Waals surface area contributed by atoms with Crippen LogP contribution in [0.15, 0.2) is 36.4 Å². The second-order valence-electron chi connectivity index (χ2n) is 6.17. The molecule has 0 aliphatic carbocycles. The van der Waals surface area contributed by atoms with Gasteiger partial charge in [0.05, 0.1) is 11.3 Å². The highest BCUT2D eigenvalue weighted by Gasteiger charge is 2.21. The zero-order valence-corrected chi connectivity index (χ0v) is 16.4. The van der Waals surface area contributed by atoms with E-state index in [1.165, 1.54) is 18.2 Å². The molecule has 0 N–H and O–H groups in total. The average molecular weight is 427 g/mol. The topological polar surface area (TPSA) is 32.8 Å². The van der Waals surface area contributed by atoms with Gasteiger partial charge in [-0.25, -0.2) is 18.5 Å². The van der Waals surface area contributed by atoms with Gasteiger partial charge >= 0.3 is 5.97 Å². The summed E-state index contributed by atoms with van der Waals surface area (Å²) in [5.41, 5.74) is 2.08. The molecule has 0 saturated carbocycles. The maximum absolute atomic E-state index is 13.9. The number of anilines is 2. The number of carbonyl (C=O) groups is 1. The van der Waals surface area contributed by atoms with E-state index in [2.05, 4.69) is 22.1 Å². The Kier molecular flexibility index (Phi) is 9.61. The normalized spacial score (nSPS) is 13.0. The zero-order chi connectivity index (χ0) is 20.7. The number of piperazine rings is 1. The summed E-state index contributed by atoms with van der Waals surface area (Å²) in [6, 6.07) is 8.62. The minimum Gasteiger partial charge on any atom is -0.368 e. The number of hydrogen-bond acceptors (Lipinski definition) is 5. The van der Waals surface area contributed by atoms with Crippen molar-refractivity contribution in [1.29, 1.82) is 0 Å². The summed E-state index contributed by atoms with van der Waals surface area (Å²) in [5.74, 6) is -2.18. The van der Waals surface area contributed by atoms with Crippen LogP contribution in [0.3, 0.4) is 0 Å². The molecule has 3 rings (SSSR count). The lowest BCUT2D eigenvalue weighted by Gasteiger charge is -2.37. The minimum atomic E-state index is -1.01. The minimum absolute atomic E-state index is 0. The molecule has 158 valence electrons. The smallest absolute Gasteiger partial charge is 0.368 e. The predicted octanol–water partition coefficient (Wildman–Crippen LogP) is 5.28. The van der Waals surface area contributed by atoms with Crippen molar-refractivity contribution in [2.75, 3.05) is 36.0 Å². The molecular weight excluding hydrogens is 401 g/mol. The molecule has 2 aromatic carbocycles. The SMILES string of the molecule is C.CC=S.Cc1cc(N2CCN(c3ccc(F)cc3F)CC2)ccc1C(=O)OF. The first kappa shape index (κ1) is 24.4. The fourth-order valence-corrected chi connectivity index (χ4v) is 3.06. The van der Waals surface area contributed by atoms with Crippen LogP contribution in [0.5, 0.6) is 0 Å². The van der Waals surface area contributed by atoms with Crippen LogP contribution >= 0.6 is 12.2 Å². The van der Waals surface area contributed by atoms with Gasteiger partial charge in [0, 0.05) is 42.5 Å². The second kappa shape index (κ2) is 11.4. The molecule has 1 saturated heterocycles. The molecule has 1 heterocycles. The zero-order valence-electron chi connectivity index (χ0n) is 15.6. The van der Waals surface area contributed by atoms with Gasteiger partial charge in [-0.2, -0.15) is 0 Å². The van der Waals surface area contributed by atoms with Gasteiger partial charge in [-0.3, -0.25) is 0 Å².